The van der Waals surface area contributed by atoms with Gasteiger partial charge in [-0.05, 0) is 63.9 Å². The summed E-state index contributed by atoms with van der Waals surface area (Å²) in [4.78, 5) is 24.7. The zero-order valence-corrected chi connectivity index (χ0v) is 20.9. The first-order valence-corrected chi connectivity index (χ1v) is 12.4. The summed E-state index contributed by atoms with van der Waals surface area (Å²) in [5, 5.41) is 12.3. The van der Waals surface area contributed by atoms with Crippen molar-refractivity contribution in [1.29, 1.82) is 0 Å². The van der Waals surface area contributed by atoms with Crippen molar-refractivity contribution >= 4 is 12.1 Å². The van der Waals surface area contributed by atoms with Crippen molar-refractivity contribution in [3.8, 4) is 22.3 Å². The quantitative estimate of drug-likeness (QED) is 0.309. The number of fused-ring (bicyclic) bond motifs is 3. The van der Waals surface area contributed by atoms with Crippen LogP contribution in [-0.2, 0) is 16.0 Å². The molecule has 0 heterocycles. The summed E-state index contributed by atoms with van der Waals surface area (Å²) >= 11 is 0. The lowest BCUT2D eigenvalue weighted by molar-refractivity contribution is -0.139. The van der Waals surface area contributed by atoms with Crippen LogP contribution >= 0.6 is 0 Å². The summed E-state index contributed by atoms with van der Waals surface area (Å²) in [5.41, 5.74) is 9.82. The summed E-state index contributed by atoms with van der Waals surface area (Å²) in [7, 11) is 0. The Hall–Kier alpha value is -4.38. The first-order valence-electron chi connectivity index (χ1n) is 12.4. The van der Waals surface area contributed by atoms with E-state index in [-0.39, 0.29) is 18.9 Å². The van der Waals surface area contributed by atoms with Crippen molar-refractivity contribution in [2.75, 3.05) is 6.61 Å². The van der Waals surface area contributed by atoms with Crippen molar-refractivity contribution in [3.63, 3.8) is 0 Å². The van der Waals surface area contributed by atoms with Crippen LogP contribution in [-0.4, -0.2) is 29.8 Å². The first-order chi connectivity index (χ1) is 17.9. The summed E-state index contributed by atoms with van der Waals surface area (Å²) in [6.45, 7) is 4.22. The molecule has 186 valence electrons. The molecule has 0 radical (unpaired) electrons. The molecule has 0 bridgehead atoms. The van der Waals surface area contributed by atoms with E-state index in [9.17, 15) is 14.7 Å². The minimum atomic E-state index is -1.10. The molecule has 4 aromatic rings. The van der Waals surface area contributed by atoms with Crippen LogP contribution in [0.1, 0.15) is 33.7 Å². The predicted octanol–water partition coefficient (Wildman–Crippen LogP) is 6.50. The fourth-order valence-corrected chi connectivity index (χ4v) is 5.25. The number of aryl methyl sites for hydroxylation is 2. The number of benzene rings is 4. The molecule has 1 aliphatic rings. The smallest absolute Gasteiger partial charge is 0.407 e. The molecule has 0 saturated carbocycles. The van der Waals surface area contributed by atoms with E-state index in [0.717, 1.165) is 44.5 Å². The molecule has 1 amide bonds. The van der Waals surface area contributed by atoms with E-state index < -0.39 is 18.1 Å². The third kappa shape index (κ3) is 4.98. The number of carbonyl (C=O) groups excluding carboxylic acids is 1. The van der Waals surface area contributed by atoms with Gasteiger partial charge in [-0.1, -0.05) is 91.0 Å². The standard InChI is InChI=1S/C32H29NO4/c1-20-9-3-4-10-23(20)24-16-15-22(17-21(24)2)18-30(31(34)35)33-32(36)37-19-29-27-13-7-5-11-25(27)26-12-6-8-14-28(26)29/h3-17,29-30H,18-19H2,1-2H3,(H,33,36)(H,34,35)/t30-/m1/s1. The van der Waals surface area contributed by atoms with Crippen molar-refractivity contribution in [2.45, 2.75) is 32.2 Å². The molecule has 2 N–H and O–H groups in total. The van der Waals surface area contributed by atoms with Crippen LogP contribution in [0.2, 0.25) is 0 Å². The Morgan fingerprint density at radius 1 is 0.784 bits per heavy atom. The predicted molar refractivity (Wildman–Crippen MR) is 145 cm³/mol. The third-order valence-electron chi connectivity index (χ3n) is 7.10. The number of carboxylic acids is 1. The normalized spacial score (nSPS) is 12.9. The van der Waals surface area contributed by atoms with Gasteiger partial charge in [-0.3, -0.25) is 0 Å². The van der Waals surface area contributed by atoms with E-state index in [0.29, 0.717) is 0 Å². The number of ether oxygens (including phenoxy) is 1. The van der Waals surface area contributed by atoms with Gasteiger partial charge in [0.2, 0.25) is 0 Å². The molecular weight excluding hydrogens is 462 g/mol. The van der Waals surface area contributed by atoms with Crippen LogP contribution in [0.5, 0.6) is 0 Å². The Morgan fingerprint density at radius 3 is 1.95 bits per heavy atom. The fourth-order valence-electron chi connectivity index (χ4n) is 5.25. The second kappa shape index (κ2) is 10.3. The molecule has 0 aromatic heterocycles. The first kappa shape index (κ1) is 24.3. The Bertz CT molecular complexity index is 1430. The van der Waals surface area contributed by atoms with Crippen LogP contribution in [0.25, 0.3) is 22.3 Å². The molecule has 37 heavy (non-hydrogen) atoms. The van der Waals surface area contributed by atoms with Crippen molar-refractivity contribution in [2.24, 2.45) is 0 Å². The number of carboxylic acid groups (broad SMARTS) is 1. The number of alkyl carbamates (subject to hydrolysis) is 1. The molecule has 4 aromatic carbocycles. The van der Waals surface area contributed by atoms with Crippen LogP contribution in [0.15, 0.2) is 91.0 Å². The summed E-state index contributed by atoms with van der Waals surface area (Å²) in [6, 6.07) is 29.2. The Kier molecular flexibility index (Phi) is 6.78. The van der Waals surface area contributed by atoms with Crippen LogP contribution in [0.3, 0.4) is 0 Å². The lowest BCUT2D eigenvalue weighted by Crippen LogP contribution is -2.42. The van der Waals surface area contributed by atoms with Gasteiger partial charge in [-0.2, -0.15) is 0 Å². The highest BCUT2D eigenvalue weighted by molar-refractivity contribution is 5.81. The zero-order valence-electron chi connectivity index (χ0n) is 20.9. The van der Waals surface area contributed by atoms with Gasteiger partial charge in [0.15, 0.2) is 0 Å². The highest BCUT2D eigenvalue weighted by atomic mass is 16.5. The van der Waals surface area contributed by atoms with Gasteiger partial charge >= 0.3 is 12.1 Å². The maximum Gasteiger partial charge on any atom is 0.407 e. The molecule has 1 atom stereocenters. The monoisotopic (exact) mass is 491 g/mol. The maximum atomic E-state index is 12.7. The number of aliphatic carboxylic acids is 1. The van der Waals surface area contributed by atoms with E-state index in [2.05, 4.69) is 36.5 Å². The number of amides is 1. The summed E-state index contributed by atoms with van der Waals surface area (Å²) in [5.74, 6) is -1.19. The van der Waals surface area contributed by atoms with E-state index >= 15 is 0 Å². The lowest BCUT2D eigenvalue weighted by Gasteiger charge is -2.18. The number of carbonyl (C=O) groups is 2. The molecule has 1 aliphatic carbocycles. The molecular formula is C32H29NO4. The largest absolute Gasteiger partial charge is 0.480 e. The van der Waals surface area contributed by atoms with E-state index in [1.165, 1.54) is 5.56 Å². The van der Waals surface area contributed by atoms with Gasteiger partial charge in [0.1, 0.15) is 12.6 Å². The molecule has 5 nitrogen and oxygen atoms in total. The van der Waals surface area contributed by atoms with E-state index in [1.54, 1.807) is 0 Å². The third-order valence-corrected chi connectivity index (χ3v) is 7.10. The van der Waals surface area contributed by atoms with Crippen molar-refractivity contribution in [1.82, 2.24) is 5.32 Å². The molecule has 0 aliphatic heterocycles. The van der Waals surface area contributed by atoms with Gasteiger partial charge < -0.3 is 15.2 Å². The van der Waals surface area contributed by atoms with Gasteiger partial charge in [0.05, 0.1) is 0 Å². The molecule has 0 saturated heterocycles. The van der Waals surface area contributed by atoms with E-state index in [4.69, 9.17) is 4.74 Å². The lowest BCUT2D eigenvalue weighted by atomic mass is 9.94. The summed E-state index contributed by atoms with van der Waals surface area (Å²) < 4.78 is 5.56. The number of hydrogen-bond acceptors (Lipinski definition) is 3. The second-order valence-corrected chi connectivity index (χ2v) is 9.53. The minimum absolute atomic E-state index is 0.0851. The number of nitrogens with one attached hydrogen (secondary N) is 1. The minimum Gasteiger partial charge on any atom is -0.480 e. The number of hydrogen-bond donors (Lipinski definition) is 2. The van der Waals surface area contributed by atoms with Gasteiger partial charge in [0, 0.05) is 12.3 Å². The highest BCUT2D eigenvalue weighted by Crippen LogP contribution is 2.44. The Balaban J connectivity index is 1.26. The molecule has 5 rings (SSSR count). The number of rotatable bonds is 7. The Morgan fingerprint density at radius 2 is 1.35 bits per heavy atom. The van der Waals surface area contributed by atoms with Crippen molar-refractivity contribution < 1.29 is 19.4 Å². The molecule has 0 unspecified atom stereocenters. The van der Waals surface area contributed by atoms with Crippen molar-refractivity contribution in [3.05, 3.63) is 119 Å². The SMILES string of the molecule is Cc1ccccc1-c1ccc(C[C@@H](NC(=O)OCC2c3ccccc3-c3ccccc32)C(=O)O)cc1C. The van der Waals surface area contributed by atoms with Crippen LogP contribution in [0.4, 0.5) is 4.79 Å². The highest BCUT2D eigenvalue weighted by Gasteiger charge is 2.29. The maximum absolute atomic E-state index is 12.7. The average molecular weight is 492 g/mol. The zero-order chi connectivity index (χ0) is 25.9. The fraction of sp³-hybridized carbons (Fsp3) is 0.188. The summed E-state index contributed by atoms with van der Waals surface area (Å²) in [6.07, 6.45) is -0.573. The van der Waals surface area contributed by atoms with Crippen LogP contribution < -0.4 is 5.32 Å². The van der Waals surface area contributed by atoms with Crippen LogP contribution in [0, 0.1) is 13.8 Å². The average Bonchev–Trinajstić information content (AvgIpc) is 3.21. The molecule has 0 spiro atoms. The van der Waals surface area contributed by atoms with Gasteiger partial charge in [-0.25, -0.2) is 9.59 Å². The van der Waals surface area contributed by atoms with E-state index in [1.807, 2.05) is 73.7 Å². The topological polar surface area (TPSA) is 75.6 Å². The molecule has 0 fully saturated rings. The van der Waals surface area contributed by atoms with Gasteiger partial charge in [-0.15, -0.1) is 0 Å². The van der Waals surface area contributed by atoms with Gasteiger partial charge in [0.25, 0.3) is 0 Å². The second-order valence-electron chi connectivity index (χ2n) is 9.53. The Labute approximate surface area is 216 Å². The molecule has 5 heteroatoms.